The molecule has 0 amide bonds. The number of alkyl halides is 3. The minimum absolute atomic E-state index is 0.0407. The molecule has 4 aromatic rings. The van der Waals surface area contributed by atoms with Crippen LogP contribution in [0.1, 0.15) is 17.7 Å². The second kappa shape index (κ2) is 7.67. The van der Waals surface area contributed by atoms with Gasteiger partial charge in [-0.3, -0.25) is 5.10 Å². The lowest BCUT2D eigenvalue weighted by Crippen LogP contribution is -2.43. The summed E-state index contributed by atoms with van der Waals surface area (Å²) >= 11 is 1.39. The summed E-state index contributed by atoms with van der Waals surface area (Å²) in [6, 6.07) is 2.48. The zero-order valence-electron chi connectivity index (χ0n) is 18.3. The number of aromatic nitrogens is 6. The van der Waals surface area contributed by atoms with Gasteiger partial charge in [0.2, 0.25) is 0 Å². The number of nitrogens with one attached hydrogen (secondary N) is 2. The van der Waals surface area contributed by atoms with Crippen LogP contribution < -0.4 is 15.0 Å². The Morgan fingerprint density at radius 1 is 1.32 bits per heavy atom. The van der Waals surface area contributed by atoms with Crippen molar-refractivity contribution in [2.45, 2.75) is 38.0 Å². The number of H-pyrrole nitrogens is 1. The zero-order chi connectivity index (χ0) is 23.6. The van der Waals surface area contributed by atoms with Gasteiger partial charge in [0.25, 0.3) is 0 Å². The molecule has 0 aliphatic carbocycles. The minimum Gasteiger partial charge on any atom is -0.493 e. The molecule has 178 valence electrons. The molecule has 0 aromatic carbocycles. The van der Waals surface area contributed by atoms with Crippen LogP contribution in [0.4, 0.5) is 18.2 Å². The minimum atomic E-state index is -4.43. The van der Waals surface area contributed by atoms with Crippen molar-refractivity contribution in [2.24, 2.45) is 0 Å². The summed E-state index contributed by atoms with van der Waals surface area (Å²) in [4.78, 5) is 11.1. The number of nitrogens with zero attached hydrogens (tertiary/aromatic N) is 6. The van der Waals surface area contributed by atoms with E-state index in [1.54, 1.807) is 12.3 Å². The van der Waals surface area contributed by atoms with Crippen LogP contribution in [0.15, 0.2) is 18.6 Å². The van der Waals surface area contributed by atoms with Gasteiger partial charge < -0.3 is 15.0 Å². The van der Waals surface area contributed by atoms with Gasteiger partial charge in [0.1, 0.15) is 22.0 Å². The molecule has 0 radical (unpaired) electrons. The summed E-state index contributed by atoms with van der Waals surface area (Å²) in [6.07, 6.45) is -1.53. The summed E-state index contributed by atoms with van der Waals surface area (Å²) in [7, 11) is 1.48. The number of aryl methyl sites for hydroxylation is 1. The second-order valence-corrected chi connectivity index (χ2v) is 9.58. The van der Waals surface area contributed by atoms with Gasteiger partial charge in [0.05, 0.1) is 24.9 Å². The zero-order valence-corrected chi connectivity index (χ0v) is 19.2. The Bertz CT molecular complexity index is 1380. The molecule has 13 heteroatoms. The first-order valence-electron chi connectivity index (χ1n) is 10.8. The molecule has 0 saturated carbocycles. The Labute approximate surface area is 196 Å². The average molecular weight is 491 g/mol. The van der Waals surface area contributed by atoms with Crippen molar-refractivity contribution in [3.8, 4) is 27.7 Å². The maximum absolute atomic E-state index is 13.7. The third-order valence-corrected chi connectivity index (χ3v) is 7.59. The van der Waals surface area contributed by atoms with Crippen LogP contribution in [0, 0.1) is 6.92 Å². The van der Waals surface area contributed by atoms with Crippen LogP contribution in [-0.4, -0.2) is 68.2 Å². The monoisotopic (exact) mass is 490 g/mol. The first kappa shape index (κ1) is 21.4. The van der Waals surface area contributed by atoms with Crippen molar-refractivity contribution >= 4 is 22.0 Å². The number of piperazine rings is 1. The van der Waals surface area contributed by atoms with E-state index in [-0.39, 0.29) is 17.0 Å². The average Bonchev–Trinajstić information content (AvgIpc) is 3.59. The van der Waals surface area contributed by atoms with Crippen molar-refractivity contribution < 1.29 is 17.9 Å². The Kier molecular flexibility index (Phi) is 4.81. The van der Waals surface area contributed by atoms with E-state index in [1.807, 2.05) is 6.92 Å². The van der Waals surface area contributed by atoms with Crippen LogP contribution in [0.5, 0.6) is 5.75 Å². The number of hydrogen-bond donors (Lipinski definition) is 2. The summed E-state index contributed by atoms with van der Waals surface area (Å²) < 4.78 is 47.8. The largest absolute Gasteiger partial charge is 0.493 e. The molecule has 4 aromatic heterocycles. The number of fused-ring (bicyclic) bond motifs is 3. The Morgan fingerprint density at radius 2 is 2.18 bits per heavy atom. The molecule has 2 aliphatic heterocycles. The number of ether oxygens (including phenoxy) is 1. The first-order valence-corrected chi connectivity index (χ1v) is 11.6. The molecule has 0 unspecified atom stereocenters. The number of hydrogen-bond acceptors (Lipinski definition) is 8. The van der Waals surface area contributed by atoms with Gasteiger partial charge in [-0.25, -0.2) is 14.5 Å². The predicted octanol–water partition coefficient (Wildman–Crippen LogP) is 3.22. The molecular formula is C21H21F3N8OS. The highest BCUT2D eigenvalue weighted by Gasteiger charge is 2.40. The fourth-order valence-electron chi connectivity index (χ4n) is 4.90. The summed E-state index contributed by atoms with van der Waals surface area (Å²) in [6.45, 7) is 3.69. The Morgan fingerprint density at radius 3 is 2.88 bits per heavy atom. The molecule has 0 spiro atoms. The number of aromatic amines is 1. The van der Waals surface area contributed by atoms with Gasteiger partial charge in [-0.05, 0) is 19.4 Å². The molecule has 2 saturated heterocycles. The molecule has 34 heavy (non-hydrogen) atoms. The molecule has 2 bridgehead atoms. The van der Waals surface area contributed by atoms with Gasteiger partial charge >= 0.3 is 6.18 Å². The Hall–Kier alpha value is -3.19. The normalized spacial score (nSPS) is 20.1. The molecule has 2 atom stereocenters. The van der Waals surface area contributed by atoms with E-state index in [4.69, 9.17) is 4.74 Å². The van der Waals surface area contributed by atoms with Crippen LogP contribution >= 0.6 is 11.3 Å². The standard InChI is InChI=1S/C21H21F3N8OS/c1-10-20(31-8-12-4-13(31)6-25-12)34-19(28-10)17-14(5-21(22,23)24)16(29-30-17)11-3-15(33-2)18-26-9-27-32(18)7-11/h3,7,9,12-13,25H,4-6,8H2,1-2H3,(H,29,30)/t12-,13-/m0/s1. The highest BCUT2D eigenvalue weighted by Crippen LogP contribution is 2.42. The molecule has 2 fully saturated rings. The van der Waals surface area contributed by atoms with Crippen molar-refractivity contribution in [2.75, 3.05) is 25.1 Å². The molecular weight excluding hydrogens is 469 g/mol. The molecule has 6 rings (SSSR count). The molecule has 6 heterocycles. The summed E-state index contributed by atoms with van der Waals surface area (Å²) in [5.41, 5.74) is 2.25. The van der Waals surface area contributed by atoms with Crippen LogP contribution in [0.2, 0.25) is 0 Å². The number of rotatable bonds is 5. The van der Waals surface area contributed by atoms with Crippen LogP contribution in [0.25, 0.3) is 27.6 Å². The van der Waals surface area contributed by atoms with E-state index in [0.29, 0.717) is 34.1 Å². The smallest absolute Gasteiger partial charge is 0.393 e. The number of pyridine rings is 1. The molecule has 9 nitrogen and oxygen atoms in total. The number of halogens is 3. The van der Waals surface area contributed by atoms with E-state index >= 15 is 0 Å². The predicted molar refractivity (Wildman–Crippen MR) is 120 cm³/mol. The van der Waals surface area contributed by atoms with Crippen molar-refractivity contribution in [1.29, 1.82) is 0 Å². The second-order valence-electron chi connectivity index (χ2n) is 8.60. The SMILES string of the molecule is COc1cc(-c2[nH]nc(-c3nc(C)c(N4C[C@@H]5C[C@H]4CN5)s3)c2CC(F)(F)F)cn2ncnc12. The van der Waals surface area contributed by atoms with Gasteiger partial charge in [-0.1, -0.05) is 11.3 Å². The highest BCUT2D eigenvalue weighted by molar-refractivity contribution is 7.19. The van der Waals surface area contributed by atoms with Gasteiger partial charge in [0, 0.05) is 42.5 Å². The lowest BCUT2D eigenvalue weighted by molar-refractivity contribution is -0.127. The van der Waals surface area contributed by atoms with Gasteiger partial charge in [-0.2, -0.15) is 23.4 Å². The fourth-order valence-corrected chi connectivity index (χ4v) is 6.07. The van der Waals surface area contributed by atoms with Crippen LogP contribution in [0.3, 0.4) is 0 Å². The number of methoxy groups -OCH3 is 1. The maximum atomic E-state index is 13.7. The van der Waals surface area contributed by atoms with E-state index in [2.05, 4.69) is 35.5 Å². The molecule has 2 aliphatic rings. The topological polar surface area (TPSA) is 96.3 Å². The summed E-state index contributed by atoms with van der Waals surface area (Å²) in [5.74, 6) is 0.397. The lowest BCUT2D eigenvalue weighted by atomic mass is 10.0. The van der Waals surface area contributed by atoms with Crippen molar-refractivity contribution in [1.82, 2.24) is 35.1 Å². The van der Waals surface area contributed by atoms with E-state index in [1.165, 1.54) is 29.3 Å². The van der Waals surface area contributed by atoms with Crippen molar-refractivity contribution in [3.05, 3.63) is 29.8 Å². The molecule has 2 N–H and O–H groups in total. The van der Waals surface area contributed by atoms with Crippen molar-refractivity contribution in [3.63, 3.8) is 0 Å². The fraction of sp³-hybridized carbons (Fsp3) is 0.429. The summed E-state index contributed by atoms with van der Waals surface area (Å²) in [5, 5.41) is 16.2. The van der Waals surface area contributed by atoms with E-state index < -0.39 is 12.6 Å². The Balaban J connectivity index is 1.45. The third kappa shape index (κ3) is 3.50. The first-order chi connectivity index (χ1) is 16.3. The quantitative estimate of drug-likeness (QED) is 0.444. The van der Waals surface area contributed by atoms with Gasteiger partial charge in [-0.15, -0.1) is 0 Å². The third-order valence-electron chi connectivity index (χ3n) is 6.39. The lowest BCUT2D eigenvalue weighted by Gasteiger charge is -2.28. The highest BCUT2D eigenvalue weighted by atomic mass is 32.1. The maximum Gasteiger partial charge on any atom is 0.393 e. The van der Waals surface area contributed by atoms with E-state index in [9.17, 15) is 13.2 Å². The van der Waals surface area contributed by atoms with Crippen LogP contribution in [-0.2, 0) is 6.42 Å². The number of thiazole rings is 1. The number of anilines is 1. The van der Waals surface area contributed by atoms with E-state index in [0.717, 1.165) is 30.2 Å². The van der Waals surface area contributed by atoms with Gasteiger partial charge in [0.15, 0.2) is 11.4 Å².